The Labute approximate surface area is 180 Å². The molecule has 32 heavy (non-hydrogen) atoms. The van der Waals surface area contributed by atoms with Crippen LogP contribution in [0.2, 0.25) is 0 Å². The Kier molecular flexibility index (Phi) is 11.9. The third kappa shape index (κ3) is 10.8. The number of primary amides is 2. The number of carbonyl (C=O) groups excluding carboxylic acids is 5. The number of nitrogens with two attached hydrogens (primary N) is 3. The van der Waals surface area contributed by atoms with Crippen molar-refractivity contribution < 1.29 is 48.9 Å². The van der Waals surface area contributed by atoms with Gasteiger partial charge in [0.1, 0.15) is 18.1 Å². The minimum absolute atomic E-state index is 0.497. The number of carbonyl (C=O) groups is 7. The maximum atomic E-state index is 12.4. The van der Waals surface area contributed by atoms with Crippen LogP contribution in [0.5, 0.6) is 0 Å². The molecule has 0 rings (SSSR count). The highest BCUT2D eigenvalue weighted by Crippen LogP contribution is 2.02. The normalized spacial score (nSPS) is 14.2. The number of nitrogens with one attached hydrogen (secondary N) is 3. The number of hydrogen-bond donors (Lipinski definition) is 9. The summed E-state index contributed by atoms with van der Waals surface area (Å²) in [4.78, 5) is 80.5. The van der Waals surface area contributed by atoms with Crippen LogP contribution in [0.4, 0.5) is 0 Å². The van der Waals surface area contributed by atoms with Gasteiger partial charge in [-0.2, -0.15) is 0 Å². The second-order valence-corrected chi connectivity index (χ2v) is 6.58. The summed E-state index contributed by atoms with van der Waals surface area (Å²) in [5.41, 5.74) is 15.2. The van der Waals surface area contributed by atoms with E-state index in [1.54, 1.807) is 0 Å². The standard InChI is InChI=1S/C16H26N6O10/c17-6(3-10(18)24)13(28)22-9(5-23)15(30)20-7(1-2-12(26)27)14(29)21-8(16(31)32)4-11(19)25/h6-9,23H,1-5,17H2,(H2,18,24)(H2,19,25)(H,20,30)(H,21,29)(H,22,28)(H,26,27)(H,31,32). The van der Waals surface area contributed by atoms with Crippen LogP contribution in [0.1, 0.15) is 25.7 Å². The zero-order valence-corrected chi connectivity index (χ0v) is 16.8. The molecule has 0 aliphatic rings. The van der Waals surface area contributed by atoms with Crippen LogP contribution < -0.4 is 33.2 Å². The van der Waals surface area contributed by atoms with E-state index in [4.69, 9.17) is 27.4 Å². The van der Waals surface area contributed by atoms with Gasteiger partial charge in [0.05, 0.1) is 25.5 Å². The molecule has 0 saturated heterocycles. The fraction of sp³-hybridized carbons (Fsp3) is 0.562. The summed E-state index contributed by atoms with van der Waals surface area (Å²) >= 11 is 0. The van der Waals surface area contributed by atoms with Crippen molar-refractivity contribution in [2.45, 2.75) is 49.9 Å². The number of amides is 5. The molecule has 12 N–H and O–H groups in total. The Hall–Kier alpha value is -3.79. The predicted molar refractivity (Wildman–Crippen MR) is 103 cm³/mol. The van der Waals surface area contributed by atoms with Gasteiger partial charge in [0.2, 0.25) is 29.5 Å². The van der Waals surface area contributed by atoms with E-state index in [0.29, 0.717) is 0 Å². The molecule has 16 heteroatoms. The quantitative estimate of drug-likeness (QED) is 0.110. The van der Waals surface area contributed by atoms with Crippen LogP contribution in [-0.2, 0) is 33.6 Å². The van der Waals surface area contributed by atoms with Crippen molar-refractivity contribution in [3.8, 4) is 0 Å². The highest BCUT2D eigenvalue weighted by molar-refractivity contribution is 5.95. The summed E-state index contributed by atoms with van der Waals surface area (Å²) in [5.74, 6) is -8.19. The van der Waals surface area contributed by atoms with Gasteiger partial charge in [-0.1, -0.05) is 0 Å². The summed E-state index contributed by atoms with van der Waals surface area (Å²) in [6.07, 6.45) is -2.44. The summed E-state index contributed by atoms with van der Waals surface area (Å²) in [7, 11) is 0. The van der Waals surface area contributed by atoms with Crippen molar-refractivity contribution in [3.63, 3.8) is 0 Å². The van der Waals surface area contributed by atoms with E-state index in [-0.39, 0.29) is 0 Å². The lowest BCUT2D eigenvalue weighted by Crippen LogP contribution is -2.58. The van der Waals surface area contributed by atoms with Gasteiger partial charge < -0.3 is 48.5 Å². The van der Waals surface area contributed by atoms with Gasteiger partial charge in [0.25, 0.3) is 0 Å². The lowest BCUT2D eigenvalue weighted by molar-refractivity contribution is -0.144. The van der Waals surface area contributed by atoms with Gasteiger partial charge in [-0.3, -0.25) is 28.8 Å². The van der Waals surface area contributed by atoms with Gasteiger partial charge in [-0.05, 0) is 6.42 Å². The lowest BCUT2D eigenvalue weighted by atomic mass is 10.1. The molecule has 0 aromatic carbocycles. The summed E-state index contributed by atoms with van der Waals surface area (Å²) < 4.78 is 0. The van der Waals surface area contributed by atoms with Gasteiger partial charge in [0.15, 0.2) is 0 Å². The fourth-order valence-electron chi connectivity index (χ4n) is 2.26. The fourth-order valence-corrected chi connectivity index (χ4v) is 2.26. The van der Waals surface area contributed by atoms with Crippen molar-refractivity contribution in [3.05, 3.63) is 0 Å². The molecule has 0 aromatic heterocycles. The SMILES string of the molecule is NC(=O)CC(N)C(=O)NC(CO)C(=O)NC(CCC(=O)O)C(=O)NC(CC(N)=O)C(=O)O. The average molecular weight is 462 g/mol. The molecule has 4 unspecified atom stereocenters. The number of rotatable bonds is 15. The topological polar surface area (TPSA) is 294 Å². The molecule has 0 radical (unpaired) electrons. The van der Waals surface area contributed by atoms with E-state index in [9.17, 15) is 38.7 Å². The molecular formula is C16H26N6O10. The van der Waals surface area contributed by atoms with E-state index in [1.165, 1.54) is 0 Å². The highest BCUT2D eigenvalue weighted by Gasteiger charge is 2.31. The Morgan fingerprint density at radius 1 is 0.719 bits per heavy atom. The molecule has 0 spiro atoms. The maximum absolute atomic E-state index is 12.4. The molecule has 0 aromatic rings. The second kappa shape index (κ2) is 13.5. The molecule has 4 atom stereocenters. The molecule has 0 saturated carbocycles. The van der Waals surface area contributed by atoms with Crippen LogP contribution in [-0.4, -0.2) is 87.6 Å². The monoisotopic (exact) mass is 462 g/mol. The van der Waals surface area contributed by atoms with Gasteiger partial charge in [-0.15, -0.1) is 0 Å². The molecule has 0 aliphatic carbocycles. The van der Waals surface area contributed by atoms with Gasteiger partial charge in [0, 0.05) is 6.42 Å². The molecule has 180 valence electrons. The third-order valence-corrected chi connectivity index (χ3v) is 3.87. The van der Waals surface area contributed by atoms with Crippen LogP contribution in [0.25, 0.3) is 0 Å². The molecule has 16 nitrogen and oxygen atoms in total. The Bertz CT molecular complexity index is 758. The third-order valence-electron chi connectivity index (χ3n) is 3.87. The summed E-state index contributed by atoms with van der Waals surface area (Å²) in [6.45, 7) is -0.965. The number of hydrogen-bond acceptors (Lipinski definition) is 9. The first-order valence-corrected chi connectivity index (χ1v) is 9.07. The zero-order valence-electron chi connectivity index (χ0n) is 16.8. The molecule has 0 heterocycles. The Morgan fingerprint density at radius 2 is 1.19 bits per heavy atom. The van der Waals surface area contributed by atoms with E-state index in [0.717, 1.165) is 0 Å². The minimum Gasteiger partial charge on any atom is -0.481 e. The van der Waals surface area contributed by atoms with Crippen molar-refractivity contribution in [2.24, 2.45) is 17.2 Å². The number of aliphatic carboxylic acids is 2. The van der Waals surface area contributed by atoms with Crippen LogP contribution in [0, 0.1) is 0 Å². The van der Waals surface area contributed by atoms with Crippen LogP contribution in [0.3, 0.4) is 0 Å². The van der Waals surface area contributed by atoms with Gasteiger partial charge in [-0.25, -0.2) is 4.79 Å². The first-order valence-electron chi connectivity index (χ1n) is 9.07. The van der Waals surface area contributed by atoms with E-state index in [1.807, 2.05) is 10.6 Å². The Balaban J connectivity index is 5.37. The number of carboxylic acids is 2. The van der Waals surface area contributed by atoms with Crippen molar-refractivity contribution in [1.82, 2.24) is 16.0 Å². The number of carboxylic acid groups (broad SMARTS) is 2. The van der Waals surface area contributed by atoms with Crippen LogP contribution in [0.15, 0.2) is 0 Å². The molecular weight excluding hydrogens is 436 g/mol. The van der Waals surface area contributed by atoms with E-state index < -0.39 is 97.9 Å². The van der Waals surface area contributed by atoms with Crippen molar-refractivity contribution >= 4 is 41.5 Å². The zero-order chi connectivity index (χ0) is 25.0. The van der Waals surface area contributed by atoms with E-state index in [2.05, 4.69) is 5.32 Å². The Morgan fingerprint density at radius 3 is 1.62 bits per heavy atom. The first-order chi connectivity index (χ1) is 14.8. The first kappa shape index (κ1) is 28.2. The molecule has 0 aliphatic heterocycles. The summed E-state index contributed by atoms with van der Waals surface area (Å²) in [6, 6.07) is -6.43. The predicted octanol–water partition coefficient (Wildman–Crippen LogP) is -5.54. The minimum atomic E-state index is -1.75. The number of aliphatic hydroxyl groups is 1. The molecule has 0 bridgehead atoms. The largest absolute Gasteiger partial charge is 0.481 e. The average Bonchev–Trinajstić information content (AvgIpc) is 2.66. The smallest absolute Gasteiger partial charge is 0.326 e. The van der Waals surface area contributed by atoms with E-state index >= 15 is 0 Å². The van der Waals surface area contributed by atoms with Crippen molar-refractivity contribution in [1.29, 1.82) is 0 Å². The summed E-state index contributed by atoms with van der Waals surface area (Å²) in [5, 5.41) is 33.3. The lowest BCUT2D eigenvalue weighted by Gasteiger charge is -2.24. The molecule has 0 fully saturated rings. The second-order valence-electron chi connectivity index (χ2n) is 6.58. The van der Waals surface area contributed by atoms with Crippen molar-refractivity contribution in [2.75, 3.05) is 6.61 Å². The maximum Gasteiger partial charge on any atom is 0.326 e. The molecule has 5 amide bonds. The van der Waals surface area contributed by atoms with Gasteiger partial charge >= 0.3 is 11.9 Å². The number of aliphatic hydroxyl groups excluding tert-OH is 1. The highest BCUT2D eigenvalue weighted by atomic mass is 16.4. The van der Waals surface area contributed by atoms with Crippen LogP contribution >= 0.6 is 0 Å².